The molecular formula is C24H30O4. The van der Waals surface area contributed by atoms with Gasteiger partial charge in [0.25, 0.3) is 0 Å². The number of carbonyl (C=O) groups is 2. The monoisotopic (exact) mass is 382 g/mol. The maximum absolute atomic E-state index is 12.6. The van der Waals surface area contributed by atoms with Crippen LogP contribution in [0.2, 0.25) is 0 Å². The van der Waals surface area contributed by atoms with Gasteiger partial charge in [-0.05, 0) is 68.2 Å². The summed E-state index contributed by atoms with van der Waals surface area (Å²) in [5.41, 5.74) is 1.49. The van der Waals surface area contributed by atoms with Gasteiger partial charge in [0.1, 0.15) is 0 Å². The number of allylic oxidation sites excluding steroid dienone is 1. The van der Waals surface area contributed by atoms with E-state index in [0.29, 0.717) is 29.3 Å². The van der Waals surface area contributed by atoms with Crippen LogP contribution in [-0.4, -0.2) is 29.1 Å². The first kappa shape index (κ1) is 19.4. The third kappa shape index (κ3) is 4.22. The highest BCUT2D eigenvalue weighted by Gasteiger charge is 2.47. The number of aromatic carboxylic acids is 1. The molecular weight excluding hydrogens is 352 g/mol. The molecule has 2 saturated heterocycles. The van der Waals surface area contributed by atoms with E-state index in [1.807, 2.05) is 18.2 Å². The Morgan fingerprint density at radius 2 is 1.71 bits per heavy atom. The first-order chi connectivity index (χ1) is 13.6. The molecule has 0 aromatic heterocycles. The summed E-state index contributed by atoms with van der Waals surface area (Å²) in [6.07, 6.45) is 14.5. The molecule has 1 N–H and O–H groups in total. The molecule has 3 fully saturated rings. The van der Waals surface area contributed by atoms with Gasteiger partial charge in [0.2, 0.25) is 0 Å². The van der Waals surface area contributed by atoms with Crippen molar-refractivity contribution in [3.05, 3.63) is 47.5 Å². The smallest absolute Gasteiger partial charge is 0.335 e. The van der Waals surface area contributed by atoms with Crippen molar-refractivity contribution in [1.82, 2.24) is 0 Å². The van der Waals surface area contributed by atoms with Crippen molar-refractivity contribution in [2.24, 2.45) is 17.8 Å². The number of carboxylic acid groups (broad SMARTS) is 1. The number of aryl methyl sites for hydroxylation is 1. The predicted molar refractivity (Wildman–Crippen MR) is 107 cm³/mol. The molecule has 2 heterocycles. The Morgan fingerprint density at radius 1 is 1.00 bits per heavy atom. The minimum absolute atomic E-state index is 0.232. The number of hydrogen-bond donors (Lipinski definition) is 1. The summed E-state index contributed by atoms with van der Waals surface area (Å²) in [7, 11) is 0. The fourth-order valence-electron chi connectivity index (χ4n) is 5.33. The lowest BCUT2D eigenvalue weighted by Crippen LogP contribution is -2.26. The SMILES string of the molecule is O=C(O)c1ccc(CC[C@H]2[C@H](C=CC(=O)C3CCCCC3)[C@@H]3CC[C@H]2O3)cc1. The quantitative estimate of drug-likeness (QED) is 0.687. The van der Waals surface area contributed by atoms with Gasteiger partial charge in [0.05, 0.1) is 17.8 Å². The van der Waals surface area contributed by atoms with Crippen LogP contribution in [0.4, 0.5) is 0 Å². The van der Waals surface area contributed by atoms with E-state index in [-0.39, 0.29) is 12.0 Å². The third-order valence-electron chi connectivity index (χ3n) is 6.94. The van der Waals surface area contributed by atoms with Gasteiger partial charge in [-0.25, -0.2) is 4.79 Å². The summed E-state index contributed by atoms with van der Waals surface area (Å²) in [4.78, 5) is 23.6. The van der Waals surface area contributed by atoms with Crippen molar-refractivity contribution in [3.8, 4) is 0 Å². The molecule has 4 rings (SSSR count). The largest absolute Gasteiger partial charge is 0.478 e. The summed E-state index contributed by atoms with van der Waals surface area (Å²) < 4.78 is 6.17. The average molecular weight is 383 g/mol. The molecule has 28 heavy (non-hydrogen) atoms. The van der Waals surface area contributed by atoms with E-state index in [9.17, 15) is 9.59 Å². The molecule has 0 spiro atoms. The number of carboxylic acids is 1. The second-order valence-corrected chi connectivity index (χ2v) is 8.67. The second-order valence-electron chi connectivity index (χ2n) is 8.67. The highest BCUT2D eigenvalue weighted by Crippen LogP contribution is 2.46. The van der Waals surface area contributed by atoms with Crippen molar-refractivity contribution in [2.75, 3.05) is 0 Å². The van der Waals surface area contributed by atoms with E-state index >= 15 is 0 Å². The number of carbonyl (C=O) groups excluding carboxylic acids is 1. The van der Waals surface area contributed by atoms with Crippen LogP contribution >= 0.6 is 0 Å². The number of hydrogen-bond acceptors (Lipinski definition) is 3. The van der Waals surface area contributed by atoms with Gasteiger partial charge in [-0.1, -0.05) is 37.5 Å². The Hall–Kier alpha value is -1.94. The average Bonchev–Trinajstić information content (AvgIpc) is 3.33. The zero-order valence-corrected chi connectivity index (χ0v) is 16.4. The predicted octanol–water partition coefficient (Wildman–Crippen LogP) is 4.82. The highest BCUT2D eigenvalue weighted by molar-refractivity contribution is 5.91. The molecule has 2 bridgehead atoms. The van der Waals surface area contributed by atoms with Gasteiger partial charge in [0, 0.05) is 11.8 Å². The fourth-order valence-corrected chi connectivity index (χ4v) is 5.33. The van der Waals surface area contributed by atoms with E-state index in [1.165, 1.54) is 19.3 Å². The van der Waals surface area contributed by atoms with Gasteiger partial charge in [-0.2, -0.15) is 0 Å². The molecule has 1 aliphatic carbocycles. The molecule has 4 nitrogen and oxygen atoms in total. The molecule has 4 atom stereocenters. The molecule has 150 valence electrons. The van der Waals surface area contributed by atoms with Gasteiger partial charge in [-0.15, -0.1) is 0 Å². The number of fused-ring (bicyclic) bond motifs is 2. The lowest BCUT2D eigenvalue weighted by Gasteiger charge is -2.26. The van der Waals surface area contributed by atoms with Gasteiger partial charge < -0.3 is 9.84 Å². The molecule has 3 aliphatic rings. The van der Waals surface area contributed by atoms with Gasteiger partial charge >= 0.3 is 5.97 Å². The normalized spacial score (nSPS) is 30.1. The van der Waals surface area contributed by atoms with Crippen LogP contribution in [-0.2, 0) is 16.0 Å². The number of ether oxygens (including phenoxy) is 1. The molecule has 2 aliphatic heterocycles. The maximum atomic E-state index is 12.6. The Balaban J connectivity index is 1.37. The second kappa shape index (κ2) is 8.60. The zero-order chi connectivity index (χ0) is 19.5. The lowest BCUT2D eigenvalue weighted by molar-refractivity contribution is -0.119. The van der Waals surface area contributed by atoms with Crippen molar-refractivity contribution in [1.29, 1.82) is 0 Å². The summed E-state index contributed by atoms with van der Waals surface area (Å²) in [5, 5.41) is 9.03. The van der Waals surface area contributed by atoms with Crippen molar-refractivity contribution >= 4 is 11.8 Å². The molecule has 1 aromatic rings. The topological polar surface area (TPSA) is 63.6 Å². The third-order valence-corrected chi connectivity index (χ3v) is 6.94. The van der Waals surface area contributed by atoms with Crippen LogP contribution in [0.5, 0.6) is 0 Å². The number of benzene rings is 1. The van der Waals surface area contributed by atoms with E-state index in [0.717, 1.165) is 44.1 Å². The van der Waals surface area contributed by atoms with Crippen LogP contribution < -0.4 is 0 Å². The number of ketones is 1. The van der Waals surface area contributed by atoms with Crippen LogP contribution in [0.15, 0.2) is 36.4 Å². The maximum Gasteiger partial charge on any atom is 0.335 e. The van der Waals surface area contributed by atoms with Gasteiger partial charge in [0.15, 0.2) is 5.78 Å². The molecule has 0 radical (unpaired) electrons. The first-order valence-corrected chi connectivity index (χ1v) is 10.8. The molecule has 1 saturated carbocycles. The lowest BCUT2D eigenvalue weighted by atomic mass is 9.76. The minimum atomic E-state index is -0.888. The van der Waals surface area contributed by atoms with Crippen LogP contribution in [0, 0.1) is 17.8 Å². The number of rotatable bonds is 7. The minimum Gasteiger partial charge on any atom is -0.478 e. The highest BCUT2D eigenvalue weighted by atomic mass is 16.5. The van der Waals surface area contributed by atoms with E-state index in [1.54, 1.807) is 12.1 Å². The van der Waals surface area contributed by atoms with E-state index in [2.05, 4.69) is 6.08 Å². The Kier molecular flexibility index (Phi) is 5.96. The molecule has 0 amide bonds. The van der Waals surface area contributed by atoms with Crippen molar-refractivity contribution < 1.29 is 19.4 Å². The van der Waals surface area contributed by atoms with E-state index in [4.69, 9.17) is 9.84 Å². The van der Waals surface area contributed by atoms with Crippen molar-refractivity contribution in [3.63, 3.8) is 0 Å². The van der Waals surface area contributed by atoms with Crippen molar-refractivity contribution in [2.45, 2.75) is 70.0 Å². The Bertz CT molecular complexity index is 729. The summed E-state index contributed by atoms with van der Waals surface area (Å²) >= 11 is 0. The van der Waals surface area contributed by atoms with Crippen LogP contribution in [0.25, 0.3) is 0 Å². The summed E-state index contributed by atoms with van der Waals surface area (Å²) in [6, 6.07) is 7.17. The molecule has 1 aromatic carbocycles. The Morgan fingerprint density at radius 3 is 2.43 bits per heavy atom. The summed E-state index contributed by atoms with van der Waals surface area (Å²) in [6.45, 7) is 0. The zero-order valence-electron chi connectivity index (χ0n) is 16.4. The molecule has 0 unspecified atom stereocenters. The standard InChI is InChI=1S/C24H30O4/c25-21(17-4-2-1-3-5-17)13-12-20-19(22-14-15-23(20)28-22)11-8-16-6-9-18(10-7-16)24(26)27/h6-7,9-10,12-13,17,19-20,22-23H,1-5,8,11,14-15H2,(H,26,27)/t19-,20-,22+,23-/m0/s1. The van der Waals surface area contributed by atoms with Gasteiger partial charge in [-0.3, -0.25) is 4.79 Å². The van der Waals surface area contributed by atoms with Crippen LogP contribution in [0.3, 0.4) is 0 Å². The molecule has 4 heteroatoms. The first-order valence-electron chi connectivity index (χ1n) is 10.8. The Labute approximate surface area is 167 Å². The van der Waals surface area contributed by atoms with E-state index < -0.39 is 5.97 Å². The summed E-state index contributed by atoms with van der Waals surface area (Å²) in [5.74, 6) is 0.444. The fraction of sp³-hybridized carbons (Fsp3) is 0.583. The van der Waals surface area contributed by atoms with Crippen LogP contribution in [0.1, 0.15) is 67.3 Å².